The Balaban J connectivity index is 1.59. The van der Waals surface area contributed by atoms with Crippen molar-refractivity contribution in [1.29, 1.82) is 0 Å². The van der Waals surface area contributed by atoms with Gasteiger partial charge in [-0.15, -0.1) is 0 Å². The summed E-state index contributed by atoms with van der Waals surface area (Å²) in [5.74, 6) is 0.617. The fourth-order valence-corrected chi connectivity index (χ4v) is 3.50. The van der Waals surface area contributed by atoms with E-state index in [0.29, 0.717) is 6.04 Å². The molecule has 1 aromatic rings. The largest absolute Gasteiger partial charge is 0.342 e. The summed E-state index contributed by atoms with van der Waals surface area (Å²) in [6, 6.07) is 10.7. The van der Waals surface area contributed by atoms with Gasteiger partial charge >= 0.3 is 0 Å². The molecule has 24 heavy (non-hydrogen) atoms. The number of nitrogens with zero attached hydrogens (tertiary/aromatic N) is 2. The van der Waals surface area contributed by atoms with Crippen LogP contribution in [-0.4, -0.2) is 40.7 Å². The molecule has 0 bridgehead atoms. The van der Waals surface area contributed by atoms with Crippen molar-refractivity contribution in [3.8, 4) is 0 Å². The number of hydrogen-bond acceptors (Lipinski definition) is 2. The van der Waals surface area contributed by atoms with Crippen LogP contribution < -0.4 is 0 Å². The molecule has 2 amide bonds. The van der Waals surface area contributed by atoms with Gasteiger partial charge in [-0.05, 0) is 31.2 Å². The Hall–Kier alpha value is -1.84. The quantitative estimate of drug-likeness (QED) is 0.833. The molecule has 1 saturated carbocycles. The van der Waals surface area contributed by atoms with Crippen LogP contribution in [0.2, 0.25) is 0 Å². The van der Waals surface area contributed by atoms with E-state index in [-0.39, 0.29) is 23.7 Å². The highest BCUT2D eigenvalue weighted by atomic mass is 16.2. The van der Waals surface area contributed by atoms with E-state index in [1.165, 1.54) is 5.56 Å². The van der Waals surface area contributed by atoms with E-state index in [0.717, 1.165) is 45.3 Å². The number of amides is 2. The first kappa shape index (κ1) is 17.0. The second-order valence-corrected chi connectivity index (χ2v) is 7.44. The lowest BCUT2D eigenvalue weighted by Crippen LogP contribution is -2.45. The summed E-state index contributed by atoms with van der Waals surface area (Å²) in [4.78, 5) is 29.1. The number of carbonyl (C=O) groups is 2. The van der Waals surface area contributed by atoms with E-state index in [2.05, 4.69) is 17.0 Å². The molecule has 0 spiro atoms. The first-order valence-electron chi connectivity index (χ1n) is 9.19. The van der Waals surface area contributed by atoms with Crippen molar-refractivity contribution in [2.45, 2.75) is 52.1 Å². The average Bonchev–Trinajstić information content (AvgIpc) is 3.44. The third-order valence-corrected chi connectivity index (χ3v) is 5.12. The zero-order chi connectivity index (χ0) is 17.1. The molecule has 2 fully saturated rings. The first-order chi connectivity index (χ1) is 11.6. The Morgan fingerprint density at radius 3 is 2.25 bits per heavy atom. The number of piperidine rings is 1. The number of likely N-dealkylation sites (tertiary alicyclic amines) is 1. The van der Waals surface area contributed by atoms with E-state index < -0.39 is 0 Å². The van der Waals surface area contributed by atoms with Crippen LogP contribution in [0, 0.1) is 11.8 Å². The lowest BCUT2D eigenvalue weighted by molar-refractivity contribution is -0.142. The molecule has 1 heterocycles. The van der Waals surface area contributed by atoms with E-state index in [4.69, 9.17) is 0 Å². The molecule has 0 radical (unpaired) electrons. The Kier molecular flexibility index (Phi) is 5.22. The predicted molar refractivity (Wildman–Crippen MR) is 94.2 cm³/mol. The van der Waals surface area contributed by atoms with Crippen LogP contribution in [-0.2, 0) is 16.1 Å². The minimum absolute atomic E-state index is 0.0401. The highest BCUT2D eigenvalue weighted by Crippen LogP contribution is 2.32. The van der Waals surface area contributed by atoms with E-state index >= 15 is 0 Å². The van der Waals surface area contributed by atoms with Gasteiger partial charge in [0.05, 0.1) is 0 Å². The van der Waals surface area contributed by atoms with Crippen molar-refractivity contribution >= 4 is 11.8 Å². The second kappa shape index (κ2) is 7.37. The van der Waals surface area contributed by atoms with Gasteiger partial charge in [0.25, 0.3) is 0 Å². The molecule has 2 aliphatic rings. The van der Waals surface area contributed by atoms with Crippen molar-refractivity contribution in [2.24, 2.45) is 11.8 Å². The SMILES string of the molecule is CC(C)C(=O)N1CCC(C(=O)N(Cc2ccccc2)C2CC2)CC1. The van der Waals surface area contributed by atoms with Gasteiger partial charge in [-0.1, -0.05) is 44.2 Å². The van der Waals surface area contributed by atoms with Crippen molar-refractivity contribution in [1.82, 2.24) is 9.80 Å². The summed E-state index contributed by atoms with van der Waals surface area (Å²) >= 11 is 0. The fraction of sp³-hybridized carbons (Fsp3) is 0.600. The number of benzene rings is 1. The molecular formula is C20H28N2O2. The molecular weight excluding hydrogens is 300 g/mol. The van der Waals surface area contributed by atoms with Gasteiger partial charge in [0.2, 0.25) is 11.8 Å². The van der Waals surface area contributed by atoms with Gasteiger partial charge in [-0.3, -0.25) is 9.59 Å². The summed E-state index contributed by atoms with van der Waals surface area (Å²) in [7, 11) is 0. The highest BCUT2D eigenvalue weighted by Gasteiger charge is 2.37. The summed E-state index contributed by atoms with van der Waals surface area (Å²) in [5, 5.41) is 0. The highest BCUT2D eigenvalue weighted by molar-refractivity contribution is 5.81. The molecule has 0 atom stereocenters. The van der Waals surface area contributed by atoms with Crippen molar-refractivity contribution < 1.29 is 9.59 Å². The lowest BCUT2D eigenvalue weighted by Gasteiger charge is -2.35. The molecule has 0 unspecified atom stereocenters. The molecule has 0 aromatic heterocycles. The number of hydrogen-bond donors (Lipinski definition) is 0. The molecule has 1 aromatic carbocycles. The van der Waals surface area contributed by atoms with Crippen LogP contribution in [0.4, 0.5) is 0 Å². The lowest BCUT2D eigenvalue weighted by atomic mass is 9.94. The molecule has 0 N–H and O–H groups in total. The summed E-state index contributed by atoms with van der Waals surface area (Å²) in [5.41, 5.74) is 1.20. The first-order valence-corrected chi connectivity index (χ1v) is 9.19. The maximum absolute atomic E-state index is 13.0. The Labute approximate surface area is 144 Å². The van der Waals surface area contributed by atoms with Gasteiger partial charge in [-0.25, -0.2) is 0 Å². The minimum atomic E-state index is 0.0401. The van der Waals surface area contributed by atoms with E-state index in [1.807, 2.05) is 36.9 Å². The summed E-state index contributed by atoms with van der Waals surface area (Å²) in [6.07, 6.45) is 3.86. The maximum atomic E-state index is 13.0. The normalized spacial score (nSPS) is 18.7. The summed E-state index contributed by atoms with van der Waals surface area (Å²) < 4.78 is 0. The maximum Gasteiger partial charge on any atom is 0.226 e. The average molecular weight is 328 g/mol. The minimum Gasteiger partial charge on any atom is -0.342 e. The third kappa shape index (κ3) is 3.97. The van der Waals surface area contributed by atoms with Crippen molar-refractivity contribution in [3.63, 3.8) is 0 Å². The van der Waals surface area contributed by atoms with Gasteiger partial charge < -0.3 is 9.80 Å². The second-order valence-electron chi connectivity index (χ2n) is 7.44. The molecule has 3 rings (SSSR count). The molecule has 4 heteroatoms. The third-order valence-electron chi connectivity index (χ3n) is 5.12. The standard InChI is InChI=1S/C20H28N2O2/c1-15(2)19(23)21-12-10-17(11-13-21)20(24)22(18-8-9-18)14-16-6-4-3-5-7-16/h3-7,15,17-18H,8-14H2,1-2H3. The van der Waals surface area contributed by atoms with E-state index in [9.17, 15) is 9.59 Å². The monoisotopic (exact) mass is 328 g/mol. The van der Waals surface area contributed by atoms with Crippen LogP contribution in [0.25, 0.3) is 0 Å². The number of rotatable bonds is 5. The van der Waals surface area contributed by atoms with Crippen molar-refractivity contribution in [3.05, 3.63) is 35.9 Å². The Morgan fingerprint density at radius 2 is 1.71 bits per heavy atom. The fourth-order valence-electron chi connectivity index (χ4n) is 3.50. The molecule has 1 aliphatic carbocycles. The topological polar surface area (TPSA) is 40.6 Å². The Bertz CT molecular complexity index is 573. The zero-order valence-corrected chi connectivity index (χ0v) is 14.8. The van der Waals surface area contributed by atoms with Crippen molar-refractivity contribution in [2.75, 3.05) is 13.1 Å². The smallest absolute Gasteiger partial charge is 0.226 e. The van der Waals surface area contributed by atoms with Crippen LogP contribution in [0.3, 0.4) is 0 Å². The van der Waals surface area contributed by atoms with Crippen LogP contribution in [0.15, 0.2) is 30.3 Å². The molecule has 4 nitrogen and oxygen atoms in total. The van der Waals surface area contributed by atoms with E-state index in [1.54, 1.807) is 0 Å². The van der Waals surface area contributed by atoms with Crippen LogP contribution in [0.1, 0.15) is 45.1 Å². The predicted octanol–water partition coefficient (Wildman–Crippen LogP) is 3.07. The molecule has 1 aliphatic heterocycles. The van der Waals surface area contributed by atoms with Crippen LogP contribution in [0.5, 0.6) is 0 Å². The summed E-state index contributed by atoms with van der Waals surface area (Å²) in [6.45, 7) is 6.03. The van der Waals surface area contributed by atoms with Gasteiger partial charge in [0.1, 0.15) is 0 Å². The van der Waals surface area contributed by atoms with Gasteiger partial charge in [0.15, 0.2) is 0 Å². The van der Waals surface area contributed by atoms with Crippen LogP contribution >= 0.6 is 0 Å². The molecule has 130 valence electrons. The zero-order valence-electron chi connectivity index (χ0n) is 14.8. The van der Waals surface area contributed by atoms with Gasteiger partial charge in [-0.2, -0.15) is 0 Å². The molecule has 1 saturated heterocycles. The van der Waals surface area contributed by atoms with Gasteiger partial charge in [0, 0.05) is 37.5 Å². The number of carbonyl (C=O) groups excluding carboxylic acids is 2. The Morgan fingerprint density at radius 1 is 1.08 bits per heavy atom.